The highest BCUT2D eigenvalue weighted by molar-refractivity contribution is 5.78. The van der Waals surface area contributed by atoms with E-state index < -0.39 is 12.1 Å². The molecule has 0 spiro atoms. The smallest absolute Gasteiger partial charge is 0.224 e. The molecule has 2 atom stereocenters. The van der Waals surface area contributed by atoms with Crippen LogP contribution < -0.4 is 5.32 Å². The third kappa shape index (κ3) is 13.6. The Balaban J connectivity index is 2.08. The van der Waals surface area contributed by atoms with E-state index in [0.717, 1.165) is 18.4 Å². The Bertz CT molecular complexity index is 559. The lowest BCUT2D eigenvalue weighted by atomic mass is 10.0. The quantitative estimate of drug-likeness (QED) is 0.223. The fourth-order valence-electron chi connectivity index (χ4n) is 3.57. The molecular formula is C26H43NO3. The van der Waals surface area contributed by atoms with Crippen molar-refractivity contribution in [2.45, 2.75) is 103 Å². The van der Waals surface area contributed by atoms with Gasteiger partial charge in [0.05, 0.1) is 25.2 Å². The number of nitrogens with one attached hydrogen (secondary N) is 1. The number of hydrogen-bond acceptors (Lipinski definition) is 3. The maximum atomic E-state index is 12.1. The predicted octanol–water partition coefficient (Wildman–Crippen LogP) is 5.32. The van der Waals surface area contributed by atoms with Crippen molar-refractivity contribution in [1.82, 2.24) is 5.32 Å². The third-order valence-electron chi connectivity index (χ3n) is 5.47. The molecule has 0 radical (unpaired) electrons. The van der Waals surface area contributed by atoms with Gasteiger partial charge in [-0.3, -0.25) is 4.79 Å². The molecule has 0 saturated carbocycles. The van der Waals surface area contributed by atoms with E-state index in [4.69, 9.17) is 0 Å². The number of aliphatic hydroxyl groups excluding tert-OH is 2. The van der Waals surface area contributed by atoms with Gasteiger partial charge >= 0.3 is 0 Å². The molecule has 0 heterocycles. The third-order valence-corrected chi connectivity index (χ3v) is 5.47. The van der Waals surface area contributed by atoms with Crippen LogP contribution in [0.4, 0.5) is 0 Å². The van der Waals surface area contributed by atoms with E-state index in [9.17, 15) is 15.0 Å². The number of carbonyl (C=O) groups excluding carboxylic acids is 1. The van der Waals surface area contributed by atoms with Crippen molar-refractivity contribution >= 4 is 5.91 Å². The van der Waals surface area contributed by atoms with Gasteiger partial charge in [-0.15, -0.1) is 0 Å². The summed E-state index contributed by atoms with van der Waals surface area (Å²) in [5, 5.41) is 22.5. The number of benzene rings is 1. The molecule has 0 bridgehead atoms. The van der Waals surface area contributed by atoms with Crippen LogP contribution in [0.2, 0.25) is 0 Å². The SMILES string of the molecule is CCCCCCCCCCCCC/C=C/[C@@H](O)[C@H](CO)NC(=O)Cc1ccccc1. The number of allylic oxidation sites excluding steroid dienone is 1. The van der Waals surface area contributed by atoms with Crippen LogP contribution in [0.25, 0.3) is 0 Å². The first-order valence-corrected chi connectivity index (χ1v) is 12.0. The number of carbonyl (C=O) groups is 1. The summed E-state index contributed by atoms with van der Waals surface area (Å²) < 4.78 is 0. The normalized spacial score (nSPS) is 13.4. The van der Waals surface area contributed by atoms with E-state index in [1.54, 1.807) is 6.08 Å². The minimum Gasteiger partial charge on any atom is -0.394 e. The number of hydrogen-bond donors (Lipinski definition) is 3. The van der Waals surface area contributed by atoms with Crippen molar-refractivity contribution in [3.8, 4) is 0 Å². The molecule has 0 unspecified atom stereocenters. The second-order valence-corrected chi connectivity index (χ2v) is 8.26. The van der Waals surface area contributed by atoms with Crippen LogP contribution >= 0.6 is 0 Å². The topological polar surface area (TPSA) is 69.6 Å². The summed E-state index contributed by atoms with van der Waals surface area (Å²) in [5.41, 5.74) is 0.910. The molecule has 0 aliphatic rings. The van der Waals surface area contributed by atoms with Crippen molar-refractivity contribution in [1.29, 1.82) is 0 Å². The van der Waals surface area contributed by atoms with Crippen LogP contribution in [0, 0.1) is 0 Å². The molecular weight excluding hydrogens is 374 g/mol. The molecule has 30 heavy (non-hydrogen) atoms. The Hall–Kier alpha value is -1.65. The second-order valence-electron chi connectivity index (χ2n) is 8.26. The van der Waals surface area contributed by atoms with E-state index in [0.29, 0.717) is 0 Å². The highest BCUT2D eigenvalue weighted by Gasteiger charge is 2.18. The van der Waals surface area contributed by atoms with Gasteiger partial charge < -0.3 is 15.5 Å². The Morgan fingerprint density at radius 1 is 0.933 bits per heavy atom. The first-order chi connectivity index (χ1) is 14.7. The molecule has 4 heteroatoms. The largest absolute Gasteiger partial charge is 0.394 e. The van der Waals surface area contributed by atoms with E-state index in [1.807, 2.05) is 36.4 Å². The number of unbranched alkanes of at least 4 members (excludes halogenated alkanes) is 11. The second kappa shape index (κ2) is 18.1. The zero-order valence-corrected chi connectivity index (χ0v) is 18.9. The van der Waals surface area contributed by atoms with Gasteiger partial charge in [-0.2, -0.15) is 0 Å². The fourth-order valence-corrected chi connectivity index (χ4v) is 3.57. The maximum absolute atomic E-state index is 12.1. The van der Waals surface area contributed by atoms with E-state index >= 15 is 0 Å². The zero-order chi connectivity index (χ0) is 21.9. The van der Waals surface area contributed by atoms with Crippen molar-refractivity contribution < 1.29 is 15.0 Å². The van der Waals surface area contributed by atoms with Crippen LogP contribution in [0.3, 0.4) is 0 Å². The van der Waals surface area contributed by atoms with Crippen molar-refractivity contribution in [3.05, 3.63) is 48.0 Å². The van der Waals surface area contributed by atoms with Gasteiger partial charge in [-0.1, -0.05) is 114 Å². The van der Waals surface area contributed by atoms with Gasteiger partial charge in [-0.25, -0.2) is 0 Å². The van der Waals surface area contributed by atoms with E-state index in [-0.39, 0.29) is 18.9 Å². The Morgan fingerprint density at radius 2 is 1.50 bits per heavy atom. The van der Waals surface area contributed by atoms with Crippen LogP contribution in [0.15, 0.2) is 42.5 Å². The summed E-state index contributed by atoms with van der Waals surface area (Å²) in [5.74, 6) is -0.196. The molecule has 1 amide bonds. The van der Waals surface area contributed by atoms with Crippen LogP contribution in [-0.2, 0) is 11.2 Å². The molecule has 0 fully saturated rings. The lowest BCUT2D eigenvalue weighted by Gasteiger charge is -2.20. The molecule has 0 aliphatic carbocycles. The average molecular weight is 418 g/mol. The number of rotatable bonds is 18. The van der Waals surface area contributed by atoms with E-state index in [2.05, 4.69) is 12.2 Å². The van der Waals surface area contributed by atoms with Crippen LogP contribution in [0.5, 0.6) is 0 Å². The standard InChI is InChI=1S/C26H43NO3/c1-2-3-4-5-6-7-8-9-10-11-12-13-17-20-25(29)24(22-28)27-26(30)21-23-18-15-14-16-19-23/h14-20,24-25,28-29H,2-13,21-22H2,1H3,(H,27,30)/b20-17+/t24-,25+/m0/s1. The molecule has 1 rings (SSSR count). The summed E-state index contributed by atoms with van der Waals surface area (Å²) in [6.45, 7) is 1.97. The number of amides is 1. The highest BCUT2D eigenvalue weighted by atomic mass is 16.3. The maximum Gasteiger partial charge on any atom is 0.224 e. The van der Waals surface area contributed by atoms with Gasteiger partial charge in [0, 0.05) is 0 Å². The van der Waals surface area contributed by atoms with Crippen LogP contribution in [0.1, 0.15) is 89.5 Å². The summed E-state index contributed by atoms with van der Waals surface area (Å²) in [7, 11) is 0. The highest BCUT2D eigenvalue weighted by Crippen LogP contribution is 2.12. The minimum atomic E-state index is -0.873. The molecule has 4 nitrogen and oxygen atoms in total. The monoisotopic (exact) mass is 417 g/mol. The summed E-state index contributed by atoms with van der Waals surface area (Å²) in [6.07, 6.45) is 18.5. The Labute approximate surface area is 183 Å². The summed E-state index contributed by atoms with van der Waals surface area (Å²) in [4.78, 5) is 12.1. The van der Waals surface area contributed by atoms with Crippen molar-refractivity contribution in [2.24, 2.45) is 0 Å². The van der Waals surface area contributed by atoms with Gasteiger partial charge in [0.25, 0.3) is 0 Å². The van der Waals surface area contributed by atoms with Gasteiger partial charge in [0.1, 0.15) is 0 Å². The van der Waals surface area contributed by atoms with Gasteiger partial charge in [0.2, 0.25) is 5.91 Å². The Morgan fingerprint density at radius 3 is 2.07 bits per heavy atom. The van der Waals surface area contributed by atoms with E-state index in [1.165, 1.54) is 64.2 Å². The lowest BCUT2D eigenvalue weighted by Crippen LogP contribution is -2.45. The Kier molecular flexibility index (Phi) is 16.0. The first kappa shape index (κ1) is 26.4. The first-order valence-electron chi connectivity index (χ1n) is 12.0. The molecule has 0 aliphatic heterocycles. The number of aliphatic hydroxyl groups is 2. The minimum absolute atomic E-state index is 0.196. The molecule has 1 aromatic carbocycles. The summed E-state index contributed by atoms with van der Waals surface area (Å²) in [6, 6.07) is 8.78. The van der Waals surface area contributed by atoms with Gasteiger partial charge in [0.15, 0.2) is 0 Å². The summed E-state index contributed by atoms with van der Waals surface area (Å²) >= 11 is 0. The fraction of sp³-hybridized carbons (Fsp3) is 0.654. The van der Waals surface area contributed by atoms with Crippen molar-refractivity contribution in [2.75, 3.05) is 6.61 Å². The lowest BCUT2D eigenvalue weighted by molar-refractivity contribution is -0.122. The van der Waals surface area contributed by atoms with Crippen LogP contribution in [-0.4, -0.2) is 34.9 Å². The molecule has 0 aromatic heterocycles. The zero-order valence-electron chi connectivity index (χ0n) is 18.9. The molecule has 0 saturated heterocycles. The molecule has 1 aromatic rings. The molecule has 3 N–H and O–H groups in total. The van der Waals surface area contributed by atoms with Crippen molar-refractivity contribution in [3.63, 3.8) is 0 Å². The van der Waals surface area contributed by atoms with Gasteiger partial charge in [-0.05, 0) is 18.4 Å². The molecule has 170 valence electrons. The predicted molar refractivity (Wildman–Crippen MR) is 125 cm³/mol. The average Bonchev–Trinajstić information content (AvgIpc) is 2.75.